The second kappa shape index (κ2) is 9.18. The molecular weight excluding hydrogens is 408 g/mol. The lowest BCUT2D eigenvalue weighted by Crippen LogP contribution is -2.49. The van der Waals surface area contributed by atoms with Gasteiger partial charge in [0.1, 0.15) is 24.4 Å². The van der Waals surface area contributed by atoms with Crippen LogP contribution in [-0.4, -0.2) is 40.8 Å². The van der Waals surface area contributed by atoms with Crippen molar-refractivity contribution in [3.05, 3.63) is 65.8 Å². The molecule has 1 aliphatic heterocycles. The zero-order valence-electron chi connectivity index (χ0n) is 18.1. The largest absolute Gasteiger partial charge is 0.490 e. The van der Waals surface area contributed by atoms with E-state index in [1.165, 1.54) is 0 Å². The molecule has 0 radical (unpaired) electrons. The van der Waals surface area contributed by atoms with Gasteiger partial charge in [0.25, 0.3) is 0 Å². The highest BCUT2D eigenvalue weighted by Crippen LogP contribution is 2.27. The van der Waals surface area contributed by atoms with Crippen LogP contribution in [0, 0.1) is 0 Å². The number of benzene rings is 2. The number of fused-ring (bicyclic) bond motifs is 1. The fourth-order valence-corrected chi connectivity index (χ4v) is 4.25. The number of rotatable bonds is 8. The lowest BCUT2D eigenvalue weighted by molar-refractivity contribution is 0.0281. The van der Waals surface area contributed by atoms with Gasteiger partial charge in [0.15, 0.2) is 0 Å². The highest BCUT2D eigenvalue weighted by Gasteiger charge is 2.22. The summed E-state index contributed by atoms with van der Waals surface area (Å²) in [5, 5.41) is 13.6. The molecule has 2 N–H and O–H groups in total. The zero-order valence-corrected chi connectivity index (χ0v) is 18.9. The van der Waals surface area contributed by atoms with E-state index >= 15 is 0 Å². The molecule has 4 rings (SSSR count). The normalized spacial score (nSPS) is 16.6. The summed E-state index contributed by atoms with van der Waals surface area (Å²) in [6.45, 7) is 6.54. The number of hydrogen-bond donors (Lipinski definition) is 2. The summed E-state index contributed by atoms with van der Waals surface area (Å²) < 4.78 is 7.02. The van der Waals surface area contributed by atoms with Crippen LogP contribution < -0.4 is 15.0 Å². The van der Waals surface area contributed by atoms with Gasteiger partial charge in [-0.2, -0.15) is 0 Å². The number of anilines is 1. The second-order valence-corrected chi connectivity index (χ2v) is 9.14. The van der Waals surface area contributed by atoms with Crippen LogP contribution in [-0.2, 0) is 6.42 Å². The first-order chi connectivity index (χ1) is 14.9. The Balaban J connectivity index is 1.44. The Labute approximate surface area is 186 Å². The highest BCUT2D eigenvalue weighted by molar-refractivity contribution is 7.16. The van der Waals surface area contributed by atoms with Crippen LogP contribution in [0.15, 0.2) is 65.2 Å². The van der Waals surface area contributed by atoms with Crippen molar-refractivity contribution in [2.24, 2.45) is 4.99 Å². The number of thiazole rings is 1. The van der Waals surface area contributed by atoms with Gasteiger partial charge in [0.05, 0.1) is 21.3 Å². The molecule has 7 heteroatoms. The molecule has 0 saturated carbocycles. The summed E-state index contributed by atoms with van der Waals surface area (Å²) in [6, 6.07) is 14.3. The molecule has 3 aromatic rings. The average Bonchev–Trinajstić information content (AvgIpc) is 3.20. The van der Waals surface area contributed by atoms with Crippen molar-refractivity contribution in [2.45, 2.75) is 39.0 Å². The van der Waals surface area contributed by atoms with Gasteiger partial charge in [-0.05, 0) is 63.1 Å². The Morgan fingerprint density at radius 3 is 2.90 bits per heavy atom. The van der Waals surface area contributed by atoms with Crippen molar-refractivity contribution in [3.63, 3.8) is 0 Å². The third-order valence-electron chi connectivity index (χ3n) is 5.05. The predicted octanol–water partition coefficient (Wildman–Crippen LogP) is 4.36. The molecule has 1 atom stereocenters. The number of ether oxygens (including phenoxy) is 1. The van der Waals surface area contributed by atoms with E-state index in [0.29, 0.717) is 0 Å². The minimum atomic E-state index is -0.866. The highest BCUT2D eigenvalue weighted by atomic mass is 32.1. The molecule has 2 aromatic carbocycles. The number of aliphatic hydroxyl groups is 1. The molecule has 0 fully saturated rings. The molecule has 0 spiro atoms. The van der Waals surface area contributed by atoms with E-state index < -0.39 is 5.60 Å². The van der Waals surface area contributed by atoms with Gasteiger partial charge >= 0.3 is 0 Å². The number of aromatic nitrogens is 1. The fraction of sp³-hybridized carbons (Fsp3) is 0.333. The van der Waals surface area contributed by atoms with Gasteiger partial charge in [0, 0.05) is 18.4 Å². The maximum Gasteiger partial charge on any atom is 0.122 e. The molecule has 6 nitrogen and oxygen atoms in total. The lowest BCUT2D eigenvalue weighted by atomic mass is 10.1. The third-order valence-corrected chi connectivity index (χ3v) is 5.84. The van der Waals surface area contributed by atoms with Gasteiger partial charge in [-0.25, -0.2) is 9.98 Å². The molecule has 162 valence electrons. The van der Waals surface area contributed by atoms with Gasteiger partial charge in [-0.1, -0.05) is 18.2 Å². The van der Waals surface area contributed by atoms with Gasteiger partial charge in [-0.3, -0.25) is 5.32 Å². The standard InChI is InChI=1S/C24H28N4O2S/c1-17-25-13-11-23(28(17)19-8-9-20-22(14-19)31-16-27-20)26-12-10-18-6-4-5-7-21(18)30-15-24(2,3)29/h4-9,11,13-14,16,23,26,29H,10,12,15H2,1-3H3. The molecule has 1 unspecified atom stereocenters. The van der Waals surface area contributed by atoms with Crippen LogP contribution in [0.2, 0.25) is 0 Å². The van der Waals surface area contributed by atoms with Crippen LogP contribution in [0.5, 0.6) is 5.75 Å². The first-order valence-electron chi connectivity index (χ1n) is 10.4. The lowest BCUT2D eigenvalue weighted by Gasteiger charge is -2.34. The van der Waals surface area contributed by atoms with Gasteiger partial charge < -0.3 is 14.7 Å². The molecular formula is C24H28N4O2S. The van der Waals surface area contributed by atoms with Crippen molar-refractivity contribution in [1.29, 1.82) is 0 Å². The van der Waals surface area contributed by atoms with Gasteiger partial charge in [0.2, 0.25) is 0 Å². The van der Waals surface area contributed by atoms with Crippen molar-refractivity contribution in [1.82, 2.24) is 10.3 Å². The maximum absolute atomic E-state index is 9.97. The second-order valence-electron chi connectivity index (χ2n) is 8.25. The van der Waals surface area contributed by atoms with Crippen LogP contribution in [0.1, 0.15) is 26.3 Å². The van der Waals surface area contributed by atoms with Gasteiger partial charge in [-0.15, -0.1) is 11.3 Å². The molecule has 31 heavy (non-hydrogen) atoms. The number of nitrogens with one attached hydrogen (secondary N) is 1. The van der Waals surface area contributed by atoms with Crippen molar-refractivity contribution in [3.8, 4) is 5.75 Å². The molecule has 1 aliphatic rings. The van der Waals surface area contributed by atoms with E-state index in [-0.39, 0.29) is 12.8 Å². The number of amidine groups is 1. The predicted molar refractivity (Wildman–Crippen MR) is 128 cm³/mol. The van der Waals surface area contributed by atoms with E-state index in [9.17, 15) is 5.11 Å². The fourth-order valence-electron chi connectivity index (χ4n) is 3.54. The van der Waals surface area contributed by atoms with Crippen LogP contribution in [0.4, 0.5) is 5.69 Å². The molecule has 0 bridgehead atoms. The topological polar surface area (TPSA) is 70.0 Å². The first kappa shape index (κ1) is 21.5. The average molecular weight is 437 g/mol. The SMILES string of the molecule is CC1=NC=CC(NCCc2ccccc2OCC(C)(C)O)N1c1ccc2ncsc2c1. The summed E-state index contributed by atoms with van der Waals surface area (Å²) in [5.41, 5.74) is 4.23. The molecule has 0 saturated heterocycles. The molecule has 0 aliphatic carbocycles. The summed E-state index contributed by atoms with van der Waals surface area (Å²) >= 11 is 1.64. The minimum Gasteiger partial charge on any atom is -0.490 e. The van der Waals surface area contributed by atoms with E-state index in [1.54, 1.807) is 25.2 Å². The maximum atomic E-state index is 9.97. The van der Waals surface area contributed by atoms with Crippen LogP contribution >= 0.6 is 11.3 Å². The summed E-state index contributed by atoms with van der Waals surface area (Å²) in [7, 11) is 0. The molecule has 1 aromatic heterocycles. The number of para-hydroxylation sites is 1. The molecule has 2 heterocycles. The van der Waals surface area contributed by atoms with E-state index in [0.717, 1.165) is 46.0 Å². The Bertz CT molecular complexity index is 1100. The molecule has 0 amide bonds. The van der Waals surface area contributed by atoms with E-state index in [2.05, 4.69) is 50.5 Å². The van der Waals surface area contributed by atoms with Crippen molar-refractivity contribution >= 4 is 33.1 Å². The Morgan fingerprint density at radius 1 is 1.23 bits per heavy atom. The monoisotopic (exact) mass is 436 g/mol. The summed E-state index contributed by atoms with van der Waals surface area (Å²) in [5.74, 6) is 1.76. The van der Waals surface area contributed by atoms with Crippen molar-refractivity contribution in [2.75, 3.05) is 18.1 Å². The first-order valence-corrected chi connectivity index (χ1v) is 11.3. The summed E-state index contributed by atoms with van der Waals surface area (Å²) in [4.78, 5) is 11.1. The Hall–Kier alpha value is -2.74. The van der Waals surface area contributed by atoms with Crippen LogP contribution in [0.3, 0.4) is 0 Å². The Morgan fingerprint density at radius 2 is 2.06 bits per heavy atom. The number of hydrogen-bond acceptors (Lipinski definition) is 7. The van der Waals surface area contributed by atoms with Crippen molar-refractivity contribution < 1.29 is 9.84 Å². The van der Waals surface area contributed by atoms with Crippen LogP contribution in [0.25, 0.3) is 10.2 Å². The summed E-state index contributed by atoms with van der Waals surface area (Å²) in [6.07, 6.45) is 4.74. The number of aliphatic imine (C=N–C) groups is 1. The smallest absolute Gasteiger partial charge is 0.122 e. The van der Waals surface area contributed by atoms with E-state index in [4.69, 9.17) is 4.74 Å². The third kappa shape index (κ3) is 5.31. The quantitative estimate of drug-likeness (QED) is 0.549. The Kier molecular flexibility index (Phi) is 6.36. The minimum absolute atomic E-state index is 0.00678. The van der Waals surface area contributed by atoms with E-state index in [1.807, 2.05) is 36.8 Å². The zero-order chi connectivity index (χ0) is 21.8. The number of nitrogens with zero attached hydrogens (tertiary/aromatic N) is 3.